The highest BCUT2D eigenvalue weighted by molar-refractivity contribution is 9.10. The monoisotopic (exact) mass is 420 g/mol. The summed E-state index contributed by atoms with van der Waals surface area (Å²) < 4.78 is 6.27. The number of pyridine rings is 1. The van der Waals surface area contributed by atoms with E-state index in [0.29, 0.717) is 5.69 Å². The Labute approximate surface area is 156 Å². The fourth-order valence-electron chi connectivity index (χ4n) is 2.41. The fourth-order valence-corrected chi connectivity index (χ4v) is 2.67. The van der Waals surface area contributed by atoms with Crippen molar-refractivity contribution in [2.75, 3.05) is 16.8 Å². The number of hydrogen-bond donors (Lipinski definition) is 1. The molecule has 2 amide bonds. The van der Waals surface area contributed by atoms with Crippen LogP contribution in [-0.2, 0) is 9.59 Å². The molecule has 1 aromatic heterocycles. The third kappa shape index (κ3) is 3.64. The number of aromatic nitrogens is 1. The number of benzene rings is 1. The summed E-state index contributed by atoms with van der Waals surface area (Å²) in [5.41, 5.74) is 0.555. The molecule has 9 nitrogen and oxygen atoms in total. The molecule has 0 saturated heterocycles. The number of fused-ring (bicyclic) bond motifs is 1. The van der Waals surface area contributed by atoms with Gasteiger partial charge in [-0.2, -0.15) is 0 Å². The van der Waals surface area contributed by atoms with Gasteiger partial charge in [-0.1, -0.05) is 15.9 Å². The molecule has 10 heteroatoms. The van der Waals surface area contributed by atoms with E-state index in [0.717, 1.165) is 9.37 Å². The lowest BCUT2D eigenvalue weighted by molar-refractivity contribution is -0.389. The SMILES string of the molecule is CC1Oc2ccc([N+](=O)[O-])nc2N(CC(=O)Nc2ccc(Br)cc2)C1=O. The number of hydrogen-bond acceptors (Lipinski definition) is 6. The van der Waals surface area contributed by atoms with Crippen LogP contribution in [0.4, 0.5) is 17.3 Å². The first kappa shape index (κ1) is 17.8. The van der Waals surface area contributed by atoms with Crippen molar-refractivity contribution < 1.29 is 19.2 Å². The number of nitrogens with zero attached hydrogens (tertiary/aromatic N) is 3. The van der Waals surface area contributed by atoms with Crippen LogP contribution < -0.4 is 15.0 Å². The Hall–Kier alpha value is -3.01. The second-order valence-corrected chi connectivity index (χ2v) is 6.40. The van der Waals surface area contributed by atoms with Crippen molar-refractivity contribution >= 4 is 45.1 Å². The molecule has 0 aliphatic carbocycles. The maximum absolute atomic E-state index is 12.4. The predicted molar refractivity (Wildman–Crippen MR) is 96.1 cm³/mol. The van der Waals surface area contributed by atoms with Crippen LogP contribution in [0.15, 0.2) is 40.9 Å². The summed E-state index contributed by atoms with van der Waals surface area (Å²) in [6, 6.07) is 9.46. The molecule has 3 rings (SSSR count). The van der Waals surface area contributed by atoms with Gasteiger partial charge in [0.1, 0.15) is 6.54 Å². The highest BCUT2D eigenvalue weighted by atomic mass is 79.9. The zero-order valence-electron chi connectivity index (χ0n) is 13.5. The first-order valence-electron chi connectivity index (χ1n) is 7.54. The molecule has 1 unspecified atom stereocenters. The summed E-state index contributed by atoms with van der Waals surface area (Å²) in [5, 5.41) is 13.6. The molecular formula is C16H13BrN4O5. The van der Waals surface area contributed by atoms with Gasteiger partial charge in [-0.05, 0) is 47.2 Å². The molecule has 0 spiro atoms. The summed E-state index contributed by atoms with van der Waals surface area (Å²) in [4.78, 5) is 39.9. The highest BCUT2D eigenvalue weighted by Gasteiger charge is 2.37. The van der Waals surface area contributed by atoms with Gasteiger partial charge < -0.3 is 20.2 Å². The van der Waals surface area contributed by atoms with E-state index in [-0.39, 0.29) is 18.1 Å². The molecule has 0 radical (unpaired) electrons. The van der Waals surface area contributed by atoms with Crippen molar-refractivity contribution in [3.63, 3.8) is 0 Å². The van der Waals surface area contributed by atoms with Crippen LogP contribution in [-0.4, -0.2) is 34.4 Å². The number of ether oxygens (including phenoxy) is 1. The second-order valence-electron chi connectivity index (χ2n) is 5.49. The first-order valence-corrected chi connectivity index (χ1v) is 8.33. The van der Waals surface area contributed by atoms with Gasteiger partial charge >= 0.3 is 5.82 Å². The standard InChI is InChI=1S/C16H13BrN4O5/c1-9-16(23)20(8-14(22)18-11-4-2-10(17)3-5-11)15-12(26-9)6-7-13(19-15)21(24)25/h2-7,9H,8H2,1H3,(H,18,22). The van der Waals surface area contributed by atoms with Gasteiger partial charge in [0.05, 0.1) is 0 Å². The molecule has 0 fully saturated rings. The lowest BCUT2D eigenvalue weighted by Gasteiger charge is -2.28. The number of carbonyl (C=O) groups excluding carboxylic acids is 2. The Morgan fingerprint density at radius 2 is 2.04 bits per heavy atom. The summed E-state index contributed by atoms with van der Waals surface area (Å²) in [7, 11) is 0. The fraction of sp³-hybridized carbons (Fsp3) is 0.188. The summed E-state index contributed by atoms with van der Waals surface area (Å²) in [6.45, 7) is 1.19. The van der Waals surface area contributed by atoms with Crippen LogP contribution >= 0.6 is 15.9 Å². The number of nitrogens with one attached hydrogen (secondary N) is 1. The summed E-state index contributed by atoms with van der Waals surface area (Å²) >= 11 is 3.30. The summed E-state index contributed by atoms with van der Waals surface area (Å²) in [6.07, 6.45) is -0.828. The van der Waals surface area contributed by atoms with Gasteiger partial charge in [-0.25, -0.2) is 0 Å². The van der Waals surface area contributed by atoms with Gasteiger partial charge in [-0.3, -0.25) is 14.5 Å². The third-order valence-corrected chi connectivity index (χ3v) is 4.14. The van der Waals surface area contributed by atoms with Crippen LogP contribution in [0.5, 0.6) is 5.75 Å². The van der Waals surface area contributed by atoms with Crippen molar-refractivity contribution in [2.24, 2.45) is 0 Å². The van der Waals surface area contributed by atoms with E-state index in [1.807, 2.05) is 0 Å². The minimum atomic E-state index is -0.828. The molecule has 134 valence electrons. The molecule has 0 bridgehead atoms. The van der Waals surface area contributed by atoms with Gasteiger partial charge in [-0.15, -0.1) is 0 Å². The Kier molecular flexibility index (Phi) is 4.85. The minimum Gasteiger partial charge on any atom is -0.475 e. The molecule has 26 heavy (non-hydrogen) atoms. The Morgan fingerprint density at radius 3 is 2.69 bits per heavy atom. The average Bonchev–Trinajstić information content (AvgIpc) is 2.60. The van der Waals surface area contributed by atoms with Crippen molar-refractivity contribution in [3.8, 4) is 5.75 Å². The van der Waals surface area contributed by atoms with Gasteiger partial charge in [0, 0.05) is 16.2 Å². The van der Waals surface area contributed by atoms with Gasteiger partial charge in [0.25, 0.3) is 11.7 Å². The van der Waals surface area contributed by atoms with E-state index >= 15 is 0 Å². The summed E-state index contributed by atoms with van der Waals surface area (Å²) in [5.74, 6) is -1.24. The Balaban J connectivity index is 1.85. The van der Waals surface area contributed by atoms with Crippen LogP contribution in [0.2, 0.25) is 0 Å². The Bertz CT molecular complexity index is 887. The minimum absolute atomic E-state index is 0.0479. The molecule has 0 saturated carbocycles. The zero-order chi connectivity index (χ0) is 18.8. The van der Waals surface area contributed by atoms with Crippen molar-refractivity contribution in [1.29, 1.82) is 0 Å². The molecular weight excluding hydrogens is 408 g/mol. The van der Waals surface area contributed by atoms with Crippen LogP contribution in [0.25, 0.3) is 0 Å². The van der Waals surface area contributed by atoms with Gasteiger partial charge in [0.2, 0.25) is 5.91 Å². The smallest absolute Gasteiger partial charge is 0.366 e. The topological polar surface area (TPSA) is 115 Å². The van der Waals surface area contributed by atoms with Crippen molar-refractivity contribution in [2.45, 2.75) is 13.0 Å². The van der Waals surface area contributed by atoms with E-state index in [4.69, 9.17) is 4.74 Å². The Morgan fingerprint density at radius 1 is 1.35 bits per heavy atom. The molecule has 1 aliphatic rings. The molecule has 2 aromatic rings. The third-order valence-electron chi connectivity index (χ3n) is 3.61. The molecule has 1 aliphatic heterocycles. The van der Waals surface area contributed by atoms with E-state index < -0.39 is 28.7 Å². The van der Waals surface area contributed by atoms with Crippen LogP contribution in [0.3, 0.4) is 0 Å². The molecule has 1 aromatic carbocycles. The van der Waals surface area contributed by atoms with Crippen molar-refractivity contribution in [3.05, 3.63) is 51.0 Å². The number of carbonyl (C=O) groups is 2. The number of rotatable bonds is 4. The number of anilines is 2. The number of amides is 2. The van der Waals surface area contributed by atoms with Crippen LogP contribution in [0, 0.1) is 10.1 Å². The first-order chi connectivity index (χ1) is 12.3. The zero-order valence-corrected chi connectivity index (χ0v) is 15.1. The highest BCUT2D eigenvalue weighted by Crippen LogP contribution is 2.33. The largest absolute Gasteiger partial charge is 0.475 e. The number of halogens is 1. The lowest BCUT2D eigenvalue weighted by atomic mass is 10.2. The number of nitro groups is 1. The van der Waals surface area contributed by atoms with Gasteiger partial charge in [0.15, 0.2) is 11.9 Å². The maximum Gasteiger partial charge on any atom is 0.366 e. The molecule has 2 heterocycles. The van der Waals surface area contributed by atoms with Crippen molar-refractivity contribution in [1.82, 2.24) is 4.98 Å². The van der Waals surface area contributed by atoms with E-state index in [2.05, 4.69) is 26.2 Å². The molecule has 1 N–H and O–H groups in total. The predicted octanol–water partition coefficient (Wildman–Crippen LogP) is 2.50. The molecule has 1 atom stereocenters. The van der Waals surface area contributed by atoms with E-state index in [1.54, 1.807) is 24.3 Å². The van der Waals surface area contributed by atoms with E-state index in [1.165, 1.54) is 19.1 Å². The normalized spacial score (nSPS) is 15.8. The maximum atomic E-state index is 12.4. The second kappa shape index (κ2) is 7.08. The lowest BCUT2D eigenvalue weighted by Crippen LogP contribution is -2.48. The van der Waals surface area contributed by atoms with E-state index in [9.17, 15) is 19.7 Å². The van der Waals surface area contributed by atoms with Crippen LogP contribution in [0.1, 0.15) is 6.92 Å². The average molecular weight is 421 g/mol. The quantitative estimate of drug-likeness (QED) is 0.599.